The average Bonchev–Trinajstić information content (AvgIpc) is 3.03. The molecular formula is C17H15ClN2O4S2. The van der Waals surface area contributed by atoms with E-state index in [4.69, 9.17) is 16.3 Å². The second-order valence-corrected chi connectivity index (χ2v) is 9.05. The minimum Gasteiger partial charge on any atom is -0.457 e. The van der Waals surface area contributed by atoms with Crippen molar-refractivity contribution in [1.82, 2.24) is 9.29 Å². The average molecular weight is 411 g/mol. The van der Waals surface area contributed by atoms with Crippen molar-refractivity contribution >= 4 is 49.1 Å². The molecule has 136 valence electrons. The van der Waals surface area contributed by atoms with E-state index in [0.29, 0.717) is 10.0 Å². The summed E-state index contributed by atoms with van der Waals surface area (Å²) in [4.78, 5) is 16.4. The molecular weight excluding hydrogens is 396 g/mol. The van der Waals surface area contributed by atoms with E-state index in [-0.39, 0.29) is 11.5 Å². The summed E-state index contributed by atoms with van der Waals surface area (Å²) in [6.07, 6.45) is 0. The Morgan fingerprint density at radius 2 is 1.88 bits per heavy atom. The third kappa shape index (κ3) is 4.21. The molecule has 3 rings (SSSR count). The zero-order chi connectivity index (χ0) is 18.7. The molecule has 0 spiro atoms. The molecule has 1 heterocycles. The van der Waals surface area contributed by atoms with Gasteiger partial charge in [0, 0.05) is 12.1 Å². The van der Waals surface area contributed by atoms with Gasteiger partial charge in [0.05, 0.1) is 15.1 Å². The fourth-order valence-electron chi connectivity index (χ4n) is 2.22. The highest BCUT2D eigenvalue weighted by Crippen LogP contribution is 2.22. The van der Waals surface area contributed by atoms with E-state index < -0.39 is 22.5 Å². The maximum Gasteiger partial charge on any atom is 0.321 e. The summed E-state index contributed by atoms with van der Waals surface area (Å²) in [5.41, 5.74) is 0.839. The van der Waals surface area contributed by atoms with E-state index in [1.54, 1.807) is 0 Å². The van der Waals surface area contributed by atoms with Crippen molar-refractivity contribution in [2.45, 2.75) is 11.5 Å². The fourth-order valence-corrected chi connectivity index (χ4v) is 4.34. The lowest BCUT2D eigenvalue weighted by atomic mass is 10.3. The molecule has 0 N–H and O–H groups in total. The van der Waals surface area contributed by atoms with Crippen molar-refractivity contribution in [3.8, 4) is 0 Å². The van der Waals surface area contributed by atoms with Crippen molar-refractivity contribution in [3.05, 3.63) is 58.6 Å². The standard InChI is InChI=1S/C17H15ClN2O4S2/c1-20(26(22,23)13-8-6-12(18)7-9-13)10-17(21)24-11-16-19-14-4-2-3-5-15(14)25-16/h2-9H,10-11H2,1H3. The molecule has 1 aromatic heterocycles. The Morgan fingerprint density at radius 3 is 2.58 bits per heavy atom. The van der Waals surface area contributed by atoms with Crippen LogP contribution in [0, 0.1) is 0 Å². The van der Waals surface area contributed by atoms with E-state index in [2.05, 4.69) is 4.98 Å². The molecule has 0 saturated carbocycles. The van der Waals surface area contributed by atoms with Gasteiger partial charge in [-0.2, -0.15) is 4.31 Å². The molecule has 0 atom stereocenters. The number of fused-ring (bicyclic) bond motifs is 1. The molecule has 9 heteroatoms. The molecule has 0 aliphatic carbocycles. The van der Waals surface area contributed by atoms with E-state index in [1.807, 2.05) is 24.3 Å². The van der Waals surface area contributed by atoms with Crippen LogP contribution in [-0.2, 0) is 26.2 Å². The number of hydrogen-bond donors (Lipinski definition) is 0. The van der Waals surface area contributed by atoms with Crippen LogP contribution in [0.2, 0.25) is 5.02 Å². The van der Waals surface area contributed by atoms with Gasteiger partial charge in [-0.1, -0.05) is 23.7 Å². The first-order valence-electron chi connectivity index (χ1n) is 7.58. The predicted octanol–water partition coefficient (Wildman–Crippen LogP) is 3.31. The van der Waals surface area contributed by atoms with E-state index in [1.165, 1.54) is 42.6 Å². The predicted molar refractivity (Wildman–Crippen MR) is 101 cm³/mol. The monoisotopic (exact) mass is 410 g/mol. The molecule has 26 heavy (non-hydrogen) atoms. The van der Waals surface area contributed by atoms with Gasteiger partial charge in [-0.25, -0.2) is 13.4 Å². The summed E-state index contributed by atoms with van der Waals surface area (Å²) < 4.78 is 32.0. The number of ether oxygens (including phenoxy) is 1. The molecule has 0 aliphatic rings. The largest absolute Gasteiger partial charge is 0.457 e. The van der Waals surface area contributed by atoms with Crippen molar-refractivity contribution in [1.29, 1.82) is 0 Å². The van der Waals surface area contributed by atoms with Gasteiger partial charge in [-0.15, -0.1) is 11.3 Å². The minimum atomic E-state index is -3.79. The molecule has 3 aromatic rings. The van der Waals surface area contributed by atoms with Crippen molar-refractivity contribution in [2.75, 3.05) is 13.6 Å². The van der Waals surface area contributed by atoms with Crippen LogP contribution in [-0.4, -0.2) is 37.3 Å². The molecule has 0 unspecified atom stereocenters. The Bertz CT molecular complexity index is 999. The highest BCUT2D eigenvalue weighted by molar-refractivity contribution is 7.89. The third-order valence-electron chi connectivity index (χ3n) is 3.57. The number of carbonyl (C=O) groups is 1. The molecule has 6 nitrogen and oxygen atoms in total. The zero-order valence-corrected chi connectivity index (χ0v) is 16.1. The van der Waals surface area contributed by atoms with Gasteiger partial charge < -0.3 is 4.74 Å². The number of benzene rings is 2. The van der Waals surface area contributed by atoms with Crippen LogP contribution in [0.4, 0.5) is 0 Å². The number of likely N-dealkylation sites (N-methyl/N-ethyl adjacent to an activating group) is 1. The van der Waals surface area contributed by atoms with E-state index >= 15 is 0 Å². The quantitative estimate of drug-likeness (QED) is 0.582. The number of rotatable bonds is 6. The minimum absolute atomic E-state index is 0.00696. The molecule has 0 saturated heterocycles. The van der Waals surface area contributed by atoms with Crippen LogP contribution >= 0.6 is 22.9 Å². The Hall–Kier alpha value is -2.00. The summed E-state index contributed by atoms with van der Waals surface area (Å²) in [5, 5.41) is 1.09. The first-order chi connectivity index (χ1) is 12.4. The third-order valence-corrected chi connectivity index (χ3v) is 6.65. The molecule has 0 radical (unpaired) electrons. The molecule has 0 amide bonds. The first kappa shape index (κ1) is 18.8. The van der Waals surface area contributed by atoms with Gasteiger partial charge >= 0.3 is 5.97 Å². The van der Waals surface area contributed by atoms with Crippen LogP contribution in [0.15, 0.2) is 53.4 Å². The number of halogens is 1. The van der Waals surface area contributed by atoms with Gasteiger partial charge in [-0.05, 0) is 36.4 Å². The Labute approximate surface area is 160 Å². The second kappa shape index (κ2) is 7.71. The number of para-hydroxylation sites is 1. The van der Waals surface area contributed by atoms with Crippen molar-refractivity contribution in [3.63, 3.8) is 0 Å². The zero-order valence-electron chi connectivity index (χ0n) is 13.8. The SMILES string of the molecule is CN(CC(=O)OCc1nc2ccccc2s1)S(=O)(=O)c1ccc(Cl)cc1. The second-order valence-electron chi connectivity index (χ2n) is 5.45. The first-order valence-corrected chi connectivity index (χ1v) is 10.2. The summed E-state index contributed by atoms with van der Waals surface area (Å²) in [5.74, 6) is -0.649. The Balaban J connectivity index is 1.60. The highest BCUT2D eigenvalue weighted by atomic mass is 35.5. The molecule has 0 aliphatic heterocycles. The van der Waals surface area contributed by atoms with Crippen molar-refractivity contribution < 1.29 is 17.9 Å². The van der Waals surface area contributed by atoms with Crippen molar-refractivity contribution in [2.24, 2.45) is 0 Å². The van der Waals surface area contributed by atoms with Gasteiger partial charge in [0.15, 0.2) is 0 Å². The summed E-state index contributed by atoms with van der Waals surface area (Å²) in [7, 11) is -2.47. The van der Waals surface area contributed by atoms with Gasteiger partial charge in [-0.3, -0.25) is 4.79 Å². The Morgan fingerprint density at radius 1 is 1.19 bits per heavy atom. The number of esters is 1. The van der Waals surface area contributed by atoms with Gasteiger partial charge in [0.25, 0.3) is 0 Å². The normalized spacial score (nSPS) is 11.8. The van der Waals surface area contributed by atoms with Crippen LogP contribution in [0.25, 0.3) is 10.2 Å². The summed E-state index contributed by atoms with van der Waals surface area (Å²) in [6, 6.07) is 13.3. The Kier molecular flexibility index (Phi) is 5.57. The summed E-state index contributed by atoms with van der Waals surface area (Å²) in [6.45, 7) is -0.386. The van der Waals surface area contributed by atoms with Crippen LogP contribution < -0.4 is 0 Å². The number of sulfonamides is 1. The maximum absolute atomic E-state index is 12.4. The number of carbonyl (C=O) groups excluding carboxylic acids is 1. The van der Waals surface area contributed by atoms with E-state index in [9.17, 15) is 13.2 Å². The highest BCUT2D eigenvalue weighted by Gasteiger charge is 2.23. The van der Waals surface area contributed by atoms with Crippen LogP contribution in [0.3, 0.4) is 0 Å². The van der Waals surface area contributed by atoms with Crippen LogP contribution in [0.1, 0.15) is 5.01 Å². The summed E-state index contributed by atoms with van der Waals surface area (Å²) >= 11 is 7.20. The molecule has 0 bridgehead atoms. The van der Waals surface area contributed by atoms with Crippen LogP contribution in [0.5, 0.6) is 0 Å². The fraction of sp³-hybridized carbons (Fsp3) is 0.176. The number of hydrogen-bond acceptors (Lipinski definition) is 6. The maximum atomic E-state index is 12.4. The lowest BCUT2D eigenvalue weighted by Crippen LogP contribution is -2.33. The molecule has 0 fully saturated rings. The number of nitrogens with zero attached hydrogens (tertiary/aromatic N) is 2. The van der Waals surface area contributed by atoms with Gasteiger partial charge in [0.2, 0.25) is 10.0 Å². The smallest absolute Gasteiger partial charge is 0.321 e. The number of thiazole rings is 1. The topological polar surface area (TPSA) is 76.6 Å². The lowest BCUT2D eigenvalue weighted by molar-refractivity contribution is -0.144. The van der Waals surface area contributed by atoms with E-state index in [0.717, 1.165) is 14.5 Å². The lowest BCUT2D eigenvalue weighted by Gasteiger charge is -2.16. The van der Waals surface area contributed by atoms with Gasteiger partial charge in [0.1, 0.15) is 18.2 Å². The number of aromatic nitrogens is 1. The molecule has 2 aromatic carbocycles.